The molecule has 1 aromatic carbocycles. The van der Waals surface area contributed by atoms with Crippen molar-refractivity contribution in [3.05, 3.63) is 76.3 Å². The lowest BCUT2D eigenvalue weighted by atomic mass is 10.0. The van der Waals surface area contributed by atoms with Crippen LogP contribution in [-0.2, 0) is 12.7 Å². The van der Waals surface area contributed by atoms with Crippen LogP contribution in [0.5, 0.6) is 0 Å². The Kier molecular flexibility index (Phi) is 4.58. The van der Waals surface area contributed by atoms with Gasteiger partial charge in [-0.05, 0) is 36.2 Å². The van der Waals surface area contributed by atoms with Crippen molar-refractivity contribution in [1.82, 2.24) is 9.97 Å². The van der Waals surface area contributed by atoms with Gasteiger partial charge >= 0.3 is 6.18 Å². The van der Waals surface area contributed by atoms with Crippen LogP contribution in [0, 0.1) is 18.3 Å². The van der Waals surface area contributed by atoms with Gasteiger partial charge in [0.1, 0.15) is 17.5 Å². The first-order valence-corrected chi connectivity index (χ1v) is 8.65. The van der Waals surface area contributed by atoms with Crippen LogP contribution in [0.4, 0.5) is 18.9 Å². The third kappa shape index (κ3) is 3.41. The number of nitriles is 1. The van der Waals surface area contributed by atoms with Gasteiger partial charge in [0.2, 0.25) is 0 Å². The molecule has 4 rings (SSSR count). The number of aromatic nitrogens is 2. The second kappa shape index (κ2) is 7.11. The fraction of sp³-hybridized carbons (Fsp3) is 0.150. The topological polar surface area (TPSA) is 104 Å². The molecule has 0 fully saturated rings. The molecule has 1 aliphatic rings. The number of hydrogen-bond donors (Lipinski definition) is 1. The van der Waals surface area contributed by atoms with E-state index in [0.717, 1.165) is 17.2 Å². The maximum atomic E-state index is 13.2. The summed E-state index contributed by atoms with van der Waals surface area (Å²) in [5, 5.41) is 11.5. The number of aliphatic imine (C=N–C) groups is 1. The molecule has 0 radical (unpaired) electrons. The first-order valence-electron chi connectivity index (χ1n) is 8.65. The first kappa shape index (κ1) is 19.3. The molecule has 0 unspecified atom stereocenters. The molecule has 10 heteroatoms. The summed E-state index contributed by atoms with van der Waals surface area (Å²) < 4.78 is 44.9. The summed E-state index contributed by atoms with van der Waals surface area (Å²) >= 11 is 0. The second-order valence-electron chi connectivity index (χ2n) is 6.52. The highest BCUT2D eigenvalue weighted by Gasteiger charge is 2.37. The third-order valence-corrected chi connectivity index (χ3v) is 4.51. The molecular formula is C20H12F3N5O2. The van der Waals surface area contributed by atoms with Crippen molar-refractivity contribution < 1.29 is 22.4 Å². The fourth-order valence-corrected chi connectivity index (χ4v) is 3.14. The Balaban J connectivity index is 1.65. The average molecular weight is 411 g/mol. The lowest BCUT2D eigenvalue weighted by Crippen LogP contribution is -2.20. The number of nitrogens with one attached hydrogen (secondary N) is 1. The molecule has 0 bridgehead atoms. The number of amides is 1. The highest BCUT2D eigenvalue weighted by molar-refractivity contribution is 6.14. The average Bonchev–Trinajstić information content (AvgIpc) is 3.35. The predicted molar refractivity (Wildman–Crippen MR) is 98.9 cm³/mol. The number of alkyl halides is 3. The van der Waals surface area contributed by atoms with Crippen molar-refractivity contribution in [3.8, 4) is 6.07 Å². The van der Waals surface area contributed by atoms with Crippen LogP contribution in [-0.4, -0.2) is 21.6 Å². The Hall–Kier alpha value is -4.00. The van der Waals surface area contributed by atoms with Crippen LogP contribution < -0.4 is 5.32 Å². The number of nitrogens with zero attached hydrogens (tertiary/aromatic N) is 4. The van der Waals surface area contributed by atoms with E-state index in [1.54, 1.807) is 18.2 Å². The van der Waals surface area contributed by atoms with Crippen LogP contribution in [0.2, 0.25) is 0 Å². The highest BCUT2D eigenvalue weighted by Crippen LogP contribution is 2.31. The molecular weight excluding hydrogens is 399 g/mol. The number of anilines is 1. The van der Waals surface area contributed by atoms with E-state index in [-0.39, 0.29) is 5.56 Å². The van der Waals surface area contributed by atoms with E-state index in [0.29, 0.717) is 23.7 Å². The molecule has 3 heterocycles. The monoisotopic (exact) mass is 411 g/mol. The van der Waals surface area contributed by atoms with Gasteiger partial charge in [0, 0.05) is 11.3 Å². The van der Waals surface area contributed by atoms with Crippen LogP contribution in [0.3, 0.4) is 0 Å². The zero-order valence-corrected chi connectivity index (χ0v) is 15.4. The number of pyridine rings is 1. The van der Waals surface area contributed by atoms with E-state index in [1.165, 1.54) is 25.6 Å². The number of aryl methyl sites for hydroxylation is 1. The van der Waals surface area contributed by atoms with E-state index in [1.807, 2.05) is 0 Å². The fourth-order valence-electron chi connectivity index (χ4n) is 3.14. The maximum absolute atomic E-state index is 13.2. The van der Waals surface area contributed by atoms with Gasteiger partial charge in [-0.25, -0.2) is 9.97 Å². The Morgan fingerprint density at radius 3 is 2.77 bits per heavy atom. The van der Waals surface area contributed by atoms with Crippen molar-refractivity contribution in [2.75, 3.05) is 5.32 Å². The summed E-state index contributed by atoms with van der Waals surface area (Å²) in [4.78, 5) is 24.3. The Morgan fingerprint density at radius 1 is 1.30 bits per heavy atom. The lowest BCUT2D eigenvalue weighted by molar-refractivity contribution is -0.141. The molecule has 0 atom stereocenters. The number of oxazole rings is 1. The van der Waals surface area contributed by atoms with Crippen LogP contribution in [0.15, 0.2) is 46.3 Å². The van der Waals surface area contributed by atoms with Gasteiger partial charge in [-0.15, -0.1) is 0 Å². The molecule has 0 spiro atoms. The van der Waals surface area contributed by atoms with Crippen LogP contribution >= 0.6 is 0 Å². The normalized spacial score (nSPS) is 12.8. The molecule has 1 aliphatic heterocycles. The molecule has 7 nitrogen and oxygen atoms in total. The summed E-state index contributed by atoms with van der Waals surface area (Å²) in [5.74, 6) is -0.352. The predicted octanol–water partition coefficient (Wildman–Crippen LogP) is 3.87. The number of carbonyl (C=O) groups is 1. The molecule has 0 aliphatic carbocycles. The summed E-state index contributed by atoms with van der Waals surface area (Å²) in [7, 11) is 0. The van der Waals surface area contributed by atoms with Gasteiger partial charge < -0.3 is 9.73 Å². The lowest BCUT2D eigenvalue weighted by Gasteiger charge is -2.13. The number of hydrogen-bond acceptors (Lipinski definition) is 6. The minimum atomic E-state index is -4.86. The van der Waals surface area contributed by atoms with Gasteiger partial charge in [-0.3, -0.25) is 9.79 Å². The van der Waals surface area contributed by atoms with Crippen LogP contribution in [0.25, 0.3) is 0 Å². The van der Waals surface area contributed by atoms with E-state index in [4.69, 9.17) is 9.68 Å². The Bertz CT molecular complexity index is 1220. The molecule has 3 aromatic rings. The summed E-state index contributed by atoms with van der Waals surface area (Å²) in [5.41, 5.74) is 0.276. The SMILES string of the molecule is Cc1cc(C#N)c(C(F)(F)F)nc1C(=O)Nc1ccc2c(c1)C(c1cnco1)=NC2. The van der Waals surface area contributed by atoms with Crippen molar-refractivity contribution in [2.24, 2.45) is 4.99 Å². The zero-order chi connectivity index (χ0) is 21.5. The summed E-state index contributed by atoms with van der Waals surface area (Å²) in [6.45, 7) is 1.85. The van der Waals surface area contributed by atoms with E-state index >= 15 is 0 Å². The zero-order valence-electron chi connectivity index (χ0n) is 15.4. The second-order valence-corrected chi connectivity index (χ2v) is 6.52. The van der Waals surface area contributed by atoms with Gasteiger partial charge in [0.15, 0.2) is 17.8 Å². The minimum absolute atomic E-state index is 0.155. The Morgan fingerprint density at radius 2 is 2.10 bits per heavy atom. The Labute approximate surface area is 167 Å². The maximum Gasteiger partial charge on any atom is 0.434 e. The number of carbonyl (C=O) groups excluding carboxylic acids is 1. The van der Waals surface area contributed by atoms with Crippen LogP contribution in [0.1, 0.15) is 44.2 Å². The molecule has 2 aromatic heterocycles. The van der Waals surface area contributed by atoms with E-state index in [2.05, 4.69) is 20.3 Å². The van der Waals surface area contributed by atoms with Crippen molar-refractivity contribution >= 4 is 17.3 Å². The van der Waals surface area contributed by atoms with Gasteiger partial charge in [-0.2, -0.15) is 18.4 Å². The number of rotatable bonds is 3. The molecule has 1 N–H and O–H groups in total. The standard InChI is InChI=1S/C20H12F3N5O2/c1-10-4-12(6-24)18(20(21,22)23)28-16(10)19(29)27-13-3-2-11-7-26-17(14(11)5-13)15-8-25-9-30-15/h2-5,8-9H,7H2,1H3,(H,27,29). The van der Waals surface area contributed by atoms with Gasteiger partial charge in [-0.1, -0.05) is 6.07 Å². The third-order valence-electron chi connectivity index (χ3n) is 4.51. The van der Waals surface area contributed by atoms with Crippen molar-refractivity contribution in [1.29, 1.82) is 5.26 Å². The first-order chi connectivity index (χ1) is 14.3. The van der Waals surface area contributed by atoms with Gasteiger partial charge in [0.25, 0.3) is 5.91 Å². The smallest absolute Gasteiger partial charge is 0.434 e. The van der Waals surface area contributed by atoms with E-state index < -0.39 is 29.0 Å². The van der Waals surface area contributed by atoms with Crippen molar-refractivity contribution in [3.63, 3.8) is 0 Å². The minimum Gasteiger partial charge on any atom is -0.442 e. The molecule has 150 valence electrons. The largest absolute Gasteiger partial charge is 0.442 e. The molecule has 0 saturated carbocycles. The molecule has 0 saturated heterocycles. The molecule has 30 heavy (non-hydrogen) atoms. The number of halogens is 3. The van der Waals surface area contributed by atoms with Crippen molar-refractivity contribution in [2.45, 2.75) is 19.6 Å². The summed E-state index contributed by atoms with van der Waals surface area (Å²) in [6, 6.07) is 7.51. The number of fused-ring (bicyclic) bond motifs is 1. The molecule has 1 amide bonds. The van der Waals surface area contributed by atoms with E-state index in [9.17, 15) is 18.0 Å². The van der Waals surface area contributed by atoms with Gasteiger partial charge in [0.05, 0.1) is 18.3 Å². The highest BCUT2D eigenvalue weighted by atomic mass is 19.4. The number of benzene rings is 1. The summed E-state index contributed by atoms with van der Waals surface area (Å²) in [6.07, 6.45) is -2.06. The quantitative estimate of drug-likeness (QED) is 0.705.